The Labute approximate surface area is 372 Å². The van der Waals surface area contributed by atoms with Crippen molar-refractivity contribution in [1.29, 1.82) is 0 Å². The fourth-order valence-electron chi connectivity index (χ4n) is 9.71. The van der Waals surface area contributed by atoms with Gasteiger partial charge in [0, 0.05) is 22.3 Å². The first-order chi connectivity index (χ1) is 31.8. The summed E-state index contributed by atoms with van der Waals surface area (Å²) >= 11 is 0. The first kappa shape index (κ1) is 37.3. The molecular formula is C62H41NO. The molecule has 0 atom stereocenters. The molecule has 0 spiro atoms. The van der Waals surface area contributed by atoms with Crippen molar-refractivity contribution in [3.63, 3.8) is 0 Å². The molecule has 11 aromatic carbocycles. The van der Waals surface area contributed by atoms with Crippen molar-refractivity contribution >= 4 is 60.5 Å². The number of anilines is 3. The lowest BCUT2D eigenvalue weighted by molar-refractivity contribution is 0.670. The number of nitrogens with zero attached hydrogens (tertiary/aromatic N) is 1. The van der Waals surface area contributed by atoms with E-state index < -0.39 is 0 Å². The van der Waals surface area contributed by atoms with Gasteiger partial charge >= 0.3 is 0 Å². The van der Waals surface area contributed by atoms with Crippen molar-refractivity contribution in [3.8, 4) is 55.6 Å². The van der Waals surface area contributed by atoms with E-state index >= 15 is 0 Å². The van der Waals surface area contributed by atoms with Gasteiger partial charge in [-0.25, -0.2) is 0 Å². The Morgan fingerprint density at radius 2 is 0.703 bits per heavy atom. The van der Waals surface area contributed by atoms with Gasteiger partial charge in [0.25, 0.3) is 0 Å². The third-order valence-electron chi connectivity index (χ3n) is 12.7. The SMILES string of the molecule is c1ccc(-c2ccc(N(c3ccc(-c4ccccc4-c4ccccc4-c4cccc5ccccc45)cc3)c3ccc(-c4cccc5ccccc45)cc3)c3c2oc2ccccc23)cc1. The normalized spacial score (nSPS) is 11.4. The number of hydrogen-bond acceptors (Lipinski definition) is 2. The smallest absolute Gasteiger partial charge is 0.145 e. The van der Waals surface area contributed by atoms with Gasteiger partial charge in [-0.2, -0.15) is 0 Å². The second-order valence-electron chi connectivity index (χ2n) is 16.4. The lowest BCUT2D eigenvalue weighted by Crippen LogP contribution is -2.10. The zero-order chi connectivity index (χ0) is 42.4. The van der Waals surface area contributed by atoms with Crippen LogP contribution in [0.1, 0.15) is 0 Å². The molecule has 0 aliphatic carbocycles. The Balaban J connectivity index is 1.01. The maximum atomic E-state index is 6.79. The maximum Gasteiger partial charge on any atom is 0.145 e. The van der Waals surface area contributed by atoms with Crippen LogP contribution in [0.5, 0.6) is 0 Å². The van der Waals surface area contributed by atoms with E-state index in [2.05, 4.69) is 248 Å². The van der Waals surface area contributed by atoms with E-state index in [1.807, 2.05) is 6.07 Å². The minimum Gasteiger partial charge on any atom is -0.455 e. The average Bonchev–Trinajstić information content (AvgIpc) is 3.77. The van der Waals surface area contributed by atoms with Crippen LogP contribution in [0.4, 0.5) is 17.1 Å². The number of fused-ring (bicyclic) bond motifs is 5. The third-order valence-corrected chi connectivity index (χ3v) is 12.7. The van der Waals surface area contributed by atoms with Crippen molar-refractivity contribution in [2.24, 2.45) is 0 Å². The molecule has 0 aliphatic rings. The highest BCUT2D eigenvalue weighted by atomic mass is 16.3. The molecule has 1 heterocycles. The number of benzene rings is 11. The number of rotatable bonds is 8. The van der Waals surface area contributed by atoms with Crippen molar-refractivity contribution < 1.29 is 4.42 Å². The molecular weight excluding hydrogens is 775 g/mol. The molecule has 2 heteroatoms. The van der Waals surface area contributed by atoms with Gasteiger partial charge in [0.05, 0.1) is 11.1 Å². The number of hydrogen-bond donors (Lipinski definition) is 0. The molecule has 12 aromatic rings. The minimum atomic E-state index is 0.865. The molecule has 0 saturated carbocycles. The number of furan rings is 1. The van der Waals surface area contributed by atoms with Crippen LogP contribution in [-0.2, 0) is 0 Å². The van der Waals surface area contributed by atoms with Crippen molar-refractivity contribution in [3.05, 3.63) is 249 Å². The fourth-order valence-corrected chi connectivity index (χ4v) is 9.71. The second kappa shape index (κ2) is 15.8. The van der Waals surface area contributed by atoms with Gasteiger partial charge in [-0.15, -0.1) is 0 Å². The van der Waals surface area contributed by atoms with E-state index in [4.69, 9.17) is 4.42 Å². The van der Waals surface area contributed by atoms with Crippen LogP contribution in [-0.4, -0.2) is 0 Å². The molecule has 300 valence electrons. The van der Waals surface area contributed by atoms with Crippen LogP contribution in [0.2, 0.25) is 0 Å². The highest BCUT2D eigenvalue weighted by Crippen LogP contribution is 2.47. The van der Waals surface area contributed by atoms with E-state index in [1.54, 1.807) is 0 Å². The van der Waals surface area contributed by atoms with Crippen LogP contribution < -0.4 is 4.90 Å². The Morgan fingerprint density at radius 3 is 1.36 bits per heavy atom. The molecule has 0 unspecified atom stereocenters. The quantitative estimate of drug-likeness (QED) is 0.152. The van der Waals surface area contributed by atoms with E-state index in [9.17, 15) is 0 Å². The van der Waals surface area contributed by atoms with E-state index in [0.717, 1.165) is 55.7 Å². The Morgan fingerprint density at radius 1 is 0.266 bits per heavy atom. The molecule has 1 aromatic heterocycles. The molecule has 0 radical (unpaired) electrons. The topological polar surface area (TPSA) is 16.4 Å². The Bertz CT molecular complexity index is 3650. The maximum absolute atomic E-state index is 6.79. The van der Waals surface area contributed by atoms with Gasteiger partial charge in [-0.1, -0.05) is 206 Å². The number of para-hydroxylation sites is 1. The molecule has 0 amide bonds. The summed E-state index contributed by atoms with van der Waals surface area (Å²) in [7, 11) is 0. The molecule has 0 aliphatic heterocycles. The molecule has 12 rings (SSSR count). The summed E-state index contributed by atoms with van der Waals surface area (Å²) in [5, 5.41) is 7.13. The van der Waals surface area contributed by atoms with Gasteiger partial charge in [-0.05, 0) is 114 Å². The van der Waals surface area contributed by atoms with Gasteiger partial charge in [0.2, 0.25) is 0 Å². The standard InChI is InChI=1S/C62H41NO/c1-2-16-44(17-3-1)53-40-41-59(61-58-28-12-13-31-60(58)64-62(53)61)63(47-36-32-45(33-37-47)50-29-14-20-42-18-4-6-22-49(42)50)48-38-34-46(35-39-48)52-24-8-9-25-54(52)56-26-10-11-27-57(56)55-30-15-21-43-19-5-7-23-51(43)55/h1-41H. The molecule has 64 heavy (non-hydrogen) atoms. The van der Waals surface area contributed by atoms with Crippen molar-refractivity contribution in [2.75, 3.05) is 4.90 Å². The van der Waals surface area contributed by atoms with Gasteiger partial charge < -0.3 is 9.32 Å². The first-order valence-electron chi connectivity index (χ1n) is 21.9. The second-order valence-corrected chi connectivity index (χ2v) is 16.4. The summed E-state index contributed by atoms with van der Waals surface area (Å²) in [6.07, 6.45) is 0. The van der Waals surface area contributed by atoms with Crippen LogP contribution >= 0.6 is 0 Å². The van der Waals surface area contributed by atoms with Crippen molar-refractivity contribution in [2.45, 2.75) is 0 Å². The van der Waals surface area contributed by atoms with Crippen molar-refractivity contribution in [1.82, 2.24) is 0 Å². The minimum absolute atomic E-state index is 0.865. The van der Waals surface area contributed by atoms with E-state index in [0.29, 0.717) is 0 Å². The fraction of sp³-hybridized carbons (Fsp3) is 0. The molecule has 0 fully saturated rings. The Hall–Kier alpha value is -8.46. The predicted molar refractivity (Wildman–Crippen MR) is 271 cm³/mol. The van der Waals surface area contributed by atoms with Crippen LogP contribution in [0.25, 0.3) is 99.1 Å². The third kappa shape index (κ3) is 6.44. The monoisotopic (exact) mass is 815 g/mol. The van der Waals surface area contributed by atoms with Crippen LogP contribution in [0, 0.1) is 0 Å². The Kier molecular flexibility index (Phi) is 9.20. The van der Waals surface area contributed by atoms with Gasteiger partial charge in [0.1, 0.15) is 11.2 Å². The van der Waals surface area contributed by atoms with Crippen LogP contribution in [0.3, 0.4) is 0 Å². The molecule has 2 nitrogen and oxygen atoms in total. The average molecular weight is 816 g/mol. The van der Waals surface area contributed by atoms with E-state index in [1.165, 1.54) is 60.5 Å². The molecule has 0 saturated heterocycles. The summed E-state index contributed by atoms with van der Waals surface area (Å²) in [5.74, 6) is 0. The largest absolute Gasteiger partial charge is 0.455 e. The van der Waals surface area contributed by atoms with Gasteiger partial charge in [-0.3, -0.25) is 0 Å². The zero-order valence-corrected chi connectivity index (χ0v) is 35.0. The zero-order valence-electron chi connectivity index (χ0n) is 35.0. The summed E-state index contributed by atoms with van der Waals surface area (Å²) < 4.78 is 6.79. The first-order valence-corrected chi connectivity index (χ1v) is 21.9. The lowest BCUT2D eigenvalue weighted by Gasteiger charge is -2.27. The molecule has 0 bridgehead atoms. The van der Waals surface area contributed by atoms with Crippen LogP contribution in [0.15, 0.2) is 253 Å². The summed E-state index contributed by atoms with van der Waals surface area (Å²) in [5.41, 5.74) is 16.7. The summed E-state index contributed by atoms with van der Waals surface area (Å²) in [4.78, 5) is 2.39. The highest BCUT2D eigenvalue weighted by molar-refractivity contribution is 6.17. The predicted octanol–water partition coefficient (Wildman–Crippen LogP) is 17.7. The molecule has 0 N–H and O–H groups in total. The lowest BCUT2D eigenvalue weighted by atomic mass is 9.88. The summed E-state index contributed by atoms with van der Waals surface area (Å²) in [6, 6.07) is 89.5. The highest BCUT2D eigenvalue weighted by Gasteiger charge is 2.23. The van der Waals surface area contributed by atoms with Gasteiger partial charge in [0.15, 0.2) is 0 Å². The van der Waals surface area contributed by atoms with E-state index in [-0.39, 0.29) is 0 Å². The summed E-state index contributed by atoms with van der Waals surface area (Å²) in [6.45, 7) is 0.